The van der Waals surface area contributed by atoms with Gasteiger partial charge in [0.15, 0.2) is 0 Å². The van der Waals surface area contributed by atoms with Gasteiger partial charge in [-0.25, -0.2) is 4.79 Å². The van der Waals surface area contributed by atoms with Crippen molar-refractivity contribution in [2.75, 3.05) is 0 Å². The van der Waals surface area contributed by atoms with Gasteiger partial charge >= 0.3 is 12.3 Å². The fourth-order valence-electron chi connectivity index (χ4n) is 2.12. The van der Waals surface area contributed by atoms with Crippen molar-refractivity contribution in [3.05, 3.63) is 53.1 Å². The number of aryl methyl sites for hydroxylation is 2. The van der Waals surface area contributed by atoms with Gasteiger partial charge in [-0.05, 0) is 42.7 Å². The summed E-state index contributed by atoms with van der Waals surface area (Å²) < 4.78 is 41.2. The van der Waals surface area contributed by atoms with Crippen LogP contribution >= 0.6 is 0 Å². The molecule has 0 radical (unpaired) electrons. The van der Waals surface area contributed by atoms with Crippen molar-refractivity contribution in [2.45, 2.75) is 20.2 Å². The van der Waals surface area contributed by atoms with Gasteiger partial charge in [0.05, 0.1) is 0 Å². The average molecular weight is 310 g/mol. The summed E-state index contributed by atoms with van der Waals surface area (Å²) in [6, 6.07) is 9.23. The first-order valence-corrected chi connectivity index (χ1v) is 6.38. The average Bonchev–Trinajstić information content (AvgIpc) is 2.39. The highest BCUT2D eigenvalue weighted by atomic mass is 19.4. The highest BCUT2D eigenvalue weighted by Crippen LogP contribution is 2.33. The van der Waals surface area contributed by atoms with Crippen LogP contribution in [0.2, 0.25) is 0 Å². The Bertz CT molecular complexity index is 721. The van der Waals surface area contributed by atoms with Crippen LogP contribution in [-0.2, 0) is 0 Å². The Kier molecular flexibility index (Phi) is 4.12. The number of hydrogen-bond donors (Lipinski definition) is 1. The monoisotopic (exact) mass is 310 g/mol. The van der Waals surface area contributed by atoms with Crippen molar-refractivity contribution >= 4 is 5.97 Å². The van der Waals surface area contributed by atoms with Gasteiger partial charge in [-0.3, -0.25) is 0 Å². The second kappa shape index (κ2) is 5.71. The molecular formula is C16H13F3O3. The maximum atomic E-state index is 12.4. The van der Waals surface area contributed by atoms with Gasteiger partial charge in [0.2, 0.25) is 0 Å². The van der Waals surface area contributed by atoms with Gasteiger partial charge in [-0.1, -0.05) is 29.8 Å². The van der Waals surface area contributed by atoms with Crippen LogP contribution in [0, 0.1) is 13.8 Å². The molecule has 0 aromatic heterocycles. The van der Waals surface area contributed by atoms with Gasteiger partial charge in [0, 0.05) is 0 Å². The van der Waals surface area contributed by atoms with Crippen LogP contribution in [-0.4, -0.2) is 17.4 Å². The van der Waals surface area contributed by atoms with Crippen molar-refractivity contribution in [2.24, 2.45) is 0 Å². The van der Waals surface area contributed by atoms with Crippen molar-refractivity contribution < 1.29 is 27.8 Å². The lowest BCUT2D eigenvalue weighted by molar-refractivity contribution is -0.274. The summed E-state index contributed by atoms with van der Waals surface area (Å²) >= 11 is 0. The number of carbonyl (C=O) groups is 1. The van der Waals surface area contributed by atoms with Gasteiger partial charge < -0.3 is 9.84 Å². The van der Waals surface area contributed by atoms with Crippen LogP contribution < -0.4 is 4.74 Å². The van der Waals surface area contributed by atoms with E-state index in [9.17, 15) is 18.0 Å². The number of benzene rings is 2. The van der Waals surface area contributed by atoms with Gasteiger partial charge in [-0.15, -0.1) is 13.2 Å². The minimum Gasteiger partial charge on any atom is -0.478 e. The Morgan fingerprint density at radius 1 is 1.09 bits per heavy atom. The number of hydrogen-bond acceptors (Lipinski definition) is 2. The Labute approximate surface area is 125 Å². The number of ether oxygens (including phenoxy) is 1. The molecule has 22 heavy (non-hydrogen) atoms. The lowest BCUT2D eigenvalue weighted by Gasteiger charge is -2.14. The molecule has 3 nitrogen and oxygen atoms in total. The van der Waals surface area contributed by atoms with Crippen molar-refractivity contribution in [1.82, 2.24) is 0 Å². The quantitative estimate of drug-likeness (QED) is 0.903. The number of aromatic carboxylic acids is 1. The molecule has 0 saturated carbocycles. The number of halogens is 3. The summed E-state index contributed by atoms with van der Waals surface area (Å²) in [5.41, 5.74) is 2.47. The van der Waals surface area contributed by atoms with Crippen molar-refractivity contribution in [1.29, 1.82) is 0 Å². The predicted octanol–water partition coefficient (Wildman–Crippen LogP) is 4.57. The van der Waals surface area contributed by atoms with E-state index in [-0.39, 0.29) is 0 Å². The smallest absolute Gasteiger partial charge is 0.478 e. The van der Waals surface area contributed by atoms with E-state index < -0.39 is 23.6 Å². The Morgan fingerprint density at radius 3 is 2.36 bits per heavy atom. The highest BCUT2D eigenvalue weighted by Gasteiger charge is 2.33. The number of carboxylic acids is 1. The van der Waals surface area contributed by atoms with E-state index in [0.29, 0.717) is 5.56 Å². The van der Waals surface area contributed by atoms with E-state index in [1.807, 2.05) is 32.0 Å². The van der Waals surface area contributed by atoms with Crippen molar-refractivity contribution in [3.8, 4) is 16.9 Å². The molecule has 6 heteroatoms. The minimum atomic E-state index is -4.95. The zero-order valence-electron chi connectivity index (χ0n) is 11.9. The molecule has 0 atom stereocenters. The molecule has 0 amide bonds. The normalized spacial score (nSPS) is 11.3. The lowest BCUT2D eigenvalue weighted by atomic mass is 9.97. The van der Waals surface area contributed by atoms with E-state index >= 15 is 0 Å². The third kappa shape index (κ3) is 3.58. The second-order valence-corrected chi connectivity index (χ2v) is 4.88. The molecule has 0 bridgehead atoms. The summed E-state index contributed by atoms with van der Waals surface area (Å²) in [7, 11) is 0. The molecule has 2 aromatic rings. The SMILES string of the molecule is Cc1ccc(C)c(-c2ccc(C(=O)O)c(OC(F)(F)F)c2)c1. The third-order valence-corrected chi connectivity index (χ3v) is 3.14. The van der Waals surface area contributed by atoms with E-state index in [2.05, 4.69) is 4.74 Å². The first-order valence-electron chi connectivity index (χ1n) is 6.38. The van der Waals surface area contributed by atoms with Gasteiger partial charge in [-0.2, -0.15) is 0 Å². The first-order chi connectivity index (χ1) is 10.2. The van der Waals surface area contributed by atoms with Crippen molar-refractivity contribution in [3.63, 3.8) is 0 Å². The standard InChI is InChI=1S/C16H13F3O3/c1-9-3-4-10(2)13(7-9)11-5-6-12(15(20)21)14(8-11)22-16(17,18)19/h3-8H,1-2H3,(H,20,21). The predicted molar refractivity (Wildman–Crippen MR) is 75.0 cm³/mol. The van der Waals surface area contributed by atoms with Crippen LogP contribution in [0.15, 0.2) is 36.4 Å². The fraction of sp³-hybridized carbons (Fsp3) is 0.188. The summed E-state index contributed by atoms with van der Waals surface area (Å²) in [6.07, 6.45) is -4.95. The summed E-state index contributed by atoms with van der Waals surface area (Å²) in [4.78, 5) is 11.0. The molecule has 0 aliphatic heterocycles. The largest absolute Gasteiger partial charge is 0.573 e. The Hall–Kier alpha value is -2.50. The lowest BCUT2D eigenvalue weighted by Crippen LogP contribution is -2.19. The maximum absolute atomic E-state index is 12.4. The van der Waals surface area contributed by atoms with Crippen LogP contribution in [0.25, 0.3) is 11.1 Å². The molecular weight excluding hydrogens is 297 g/mol. The zero-order chi connectivity index (χ0) is 16.5. The van der Waals surface area contributed by atoms with Crippen LogP contribution in [0.3, 0.4) is 0 Å². The van der Waals surface area contributed by atoms with Crippen LogP contribution in [0.1, 0.15) is 21.5 Å². The van der Waals surface area contributed by atoms with E-state index in [1.165, 1.54) is 6.07 Å². The molecule has 0 saturated heterocycles. The van der Waals surface area contributed by atoms with Crippen LogP contribution in [0.5, 0.6) is 5.75 Å². The topological polar surface area (TPSA) is 46.5 Å². The molecule has 2 rings (SSSR count). The maximum Gasteiger partial charge on any atom is 0.573 e. The second-order valence-electron chi connectivity index (χ2n) is 4.88. The van der Waals surface area contributed by atoms with E-state index in [0.717, 1.165) is 28.8 Å². The van der Waals surface area contributed by atoms with E-state index in [4.69, 9.17) is 5.11 Å². The molecule has 0 heterocycles. The summed E-state index contributed by atoms with van der Waals surface area (Å²) in [5.74, 6) is -2.20. The highest BCUT2D eigenvalue weighted by molar-refractivity contribution is 5.92. The molecule has 0 spiro atoms. The Balaban J connectivity index is 2.57. The molecule has 0 aliphatic carbocycles. The zero-order valence-corrected chi connectivity index (χ0v) is 11.9. The van der Waals surface area contributed by atoms with Gasteiger partial charge in [0.1, 0.15) is 11.3 Å². The molecule has 2 aromatic carbocycles. The number of rotatable bonds is 3. The molecule has 1 N–H and O–H groups in total. The number of alkyl halides is 3. The summed E-state index contributed by atoms with van der Waals surface area (Å²) in [5, 5.41) is 8.98. The molecule has 0 unspecified atom stereocenters. The number of carboxylic acid groups (broad SMARTS) is 1. The summed E-state index contributed by atoms with van der Waals surface area (Å²) in [6.45, 7) is 3.69. The van der Waals surface area contributed by atoms with Gasteiger partial charge in [0.25, 0.3) is 0 Å². The van der Waals surface area contributed by atoms with E-state index in [1.54, 1.807) is 0 Å². The molecule has 0 aliphatic rings. The first kappa shape index (κ1) is 15.9. The minimum absolute atomic E-state index is 0.463. The Morgan fingerprint density at radius 2 is 1.77 bits per heavy atom. The van der Waals surface area contributed by atoms with Crippen LogP contribution in [0.4, 0.5) is 13.2 Å². The molecule has 116 valence electrons. The fourth-order valence-corrected chi connectivity index (χ4v) is 2.12. The third-order valence-electron chi connectivity index (χ3n) is 3.14. The molecule has 0 fully saturated rings.